The molecule has 1 rings (SSSR count). The van der Waals surface area contributed by atoms with Gasteiger partial charge in [-0.05, 0) is 31.6 Å². The second-order valence-corrected chi connectivity index (χ2v) is 3.42. The van der Waals surface area contributed by atoms with Crippen LogP contribution in [0.25, 0.3) is 0 Å². The normalized spacial score (nSPS) is 29.8. The van der Waals surface area contributed by atoms with E-state index in [0.717, 1.165) is 25.7 Å². The van der Waals surface area contributed by atoms with Crippen LogP contribution in [0.15, 0.2) is 0 Å². The van der Waals surface area contributed by atoms with Crippen LogP contribution < -0.4 is 11.1 Å². The van der Waals surface area contributed by atoms with Gasteiger partial charge in [-0.1, -0.05) is 0 Å². The van der Waals surface area contributed by atoms with Gasteiger partial charge in [0.15, 0.2) is 0 Å². The predicted molar refractivity (Wildman–Crippen MR) is 45.6 cm³/mol. The summed E-state index contributed by atoms with van der Waals surface area (Å²) < 4.78 is 0. The van der Waals surface area contributed by atoms with Gasteiger partial charge in [-0.2, -0.15) is 0 Å². The lowest BCUT2D eigenvalue weighted by Gasteiger charge is -2.24. The highest BCUT2D eigenvalue weighted by Gasteiger charge is 2.18. The van der Waals surface area contributed by atoms with Gasteiger partial charge < -0.3 is 16.2 Å². The molecule has 1 saturated carbocycles. The molecule has 0 aliphatic heterocycles. The Morgan fingerprint density at radius 2 is 2.00 bits per heavy atom. The van der Waals surface area contributed by atoms with Crippen molar-refractivity contribution >= 4 is 6.03 Å². The van der Waals surface area contributed by atoms with Crippen LogP contribution in [-0.4, -0.2) is 23.8 Å². The fourth-order valence-corrected chi connectivity index (χ4v) is 1.59. The number of hydrogen-bond donors (Lipinski definition) is 3. The number of primary amides is 1. The number of aliphatic hydroxyl groups is 1. The van der Waals surface area contributed by atoms with Crippen molar-refractivity contribution in [2.45, 2.75) is 31.8 Å². The van der Waals surface area contributed by atoms with Crippen LogP contribution in [0.3, 0.4) is 0 Å². The molecule has 70 valence electrons. The largest absolute Gasteiger partial charge is 0.393 e. The van der Waals surface area contributed by atoms with Gasteiger partial charge in [-0.15, -0.1) is 0 Å². The lowest BCUT2D eigenvalue weighted by molar-refractivity contribution is 0.109. The Bertz CT molecular complexity index is 153. The standard InChI is InChI=1S/C8H16N2O2/c9-8(12)10-5-6-1-3-7(11)4-2-6/h6-7,11H,1-5H2,(H3,9,10,12). The summed E-state index contributed by atoms with van der Waals surface area (Å²) in [5.41, 5.74) is 4.94. The molecule has 0 spiro atoms. The number of nitrogens with one attached hydrogen (secondary N) is 1. The first kappa shape index (κ1) is 9.32. The third-order valence-corrected chi connectivity index (χ3v) is 2.38. The predicted octanol–water partition coefficient (Wildman–Crippen LogP) is 0.206. The zero-order chi connectivity index (χ0) is 8.97. The monoisotopic (exact) mass is 172 g/mol. The zero-order valence-corrected chi connectivity index (χ0v) is 7.12. The van der Waals surface area contributed by atoms with E-state index in [1.807, 2.05) is 0 Å². The Labute approximate surface area is 72.1 Å². The van der Waals surface area contributed by atoms with E-state index in [1.54, 1.807) is 0 Å². The van der Waals surface area contributed by atoms with Gasteiger partial charge in [0.05, 0.1) is 6.10 Å². The summed E-state index contributed by atoms with van der Waals surface area (Å²) in [4.78, 5) is 10.4. The second-order valence-electron chi connectivity index (χ2n) is 3.42. The minimum atomic E-state index is -0.457. The minimum absolute atomic E-state index is 0.130. The first-order valence-corrected chi connectivity index (χ1v) is 4.40. The average Bonchev–Trinajstić information content (AvgIpc) is 2.03. The number of rotatable bonds is 2. The van der Waals surface area contributed by atoms with Crippen LogP contribution >= 0.6 is 0 Å². The molecule has 4 N–H and O–H groups in total. The highest BCUT2D eigenvalue weighted by Crippen LogP contribution is 2.23. The topological polar surface area (TPSA) is 75.4 Å². The first-order valence-electron chi connectivity index (χ1n) is 4.40. The van der Waals surface area contributed by atoms with Crippen LogP contribution in [0, 0.1) is 5.92 Å². The summed E-state index contributed by atoms with van der Waals surface area (Å²) in [5, 5.41) is 11.8. The van der Waals surface area contributed by atoms with Gasteiger partial charge in [-0.25, -0.2) is 4.79 Å². The molecule has 1 aliphatic carbocycles. The van der Waals surface area contributed by atoms with Gasteiger partial charge in [0.1, 0.15) is 0 Å². The average molecular weight is 172 g/mol. The van der Waals surface area contributed by atoms with E-state index in [-0.39, 0.29) is 6.10 Å². The van der Waals surface area contributed by atoms with Gasteiger partial charge in [0, 0.05) is 6.54 Å². The molecule has 1 aliphatic rings. The molecule has 0 saturated heterocycles. The molecular formula is C8H16N2O2. The third kappa shape index (κ3) is 3.09. The van der Waals surface area contributed by atoms with Crippen molar-refractivity contribution in [3.05, 3.63) is 0 Å². The molecule has 0 aromatic rings. The summed E-state index contributed by atoms with van der Waals surface area (Å²) in [5.74, 6) is 0.501. The molecule has 1 fully saturated rings. The molecule has 0 heterocycles. The molecular weight excluding hydrogens is 156 g/mol. The summed E-state index contributed by atoms with van der Waals surface area (Å²) in [6, 6.07) is -0.457. The number of aliphatic hydroxyl groups excluding tert-OH is 1. The molecule has 12 heavy (non-hydrogen) atoms. The van der Waals surface area contributed by atoms with Crippen LogP contribution in [0.2, 0.25) is 0 Å². The summed E-state index contributed by atoms with van der Waals surface area (Å²) in [6.45, 7) is 0.655. The Morgan fingerprint density at radius 1 is 1.42 bits per heavy atom. The van der Waals surface area contributed by atoms with Crippen molar-refractivity contribution in [2.24, 2.45) is 11.7 Å². The molecule has 2 amide bonds. The Morgan fingerprint density at radius 3 is 2.50 bits per heavy atom. The number of urea groups is 1. The Kier molecular flexibility index (Phi) is 3.34. The molecule has 0 aromatic carbocycles. The maximum Gasteiger partial charge on any atom is 0.312 e. The third-order valence-electron chi connectivity index (χ3n) is 2.38. The van der Waals surface area contributed by atoms with E-state index in [9.17, 15) is 9.90 Å². The lowest BCUT2D eigenvalue weighted by atomic mass is 9.87. The SMILES string of the molecule is NC(=O)NCC1CCC(O)CC1. The van der Waals surface area contributed by atoms with Crippen molar-refractivity contribution in [3.8, 4) is 0 Å². The van der Waals surface area contributed by atoms with Crippen molar-refractivity contribution in [1.82, 2.24) is 5.32 Å². The summed E-state index contributed by atoms with van der Waals surface area (Å²) in [7, 11) is 0. The summed E-state index contributed by atoms with van der Waals surface area (Å²) in [6.07, 6.45) is 3.55. The molecule has 0 radical (unpaired) electrons. The van der Waals surface area contributed by atoms with Crippen LogP contribution in [0.5, 0.6) is 0 Å². The molecule has 0 atom stereocenters. The van der Waals surface area contributed by atoms with Crippen molar-refractivity contribution in [1.29, 1.82) is 0 Å². The van der Waals surface area contributed by atoms with Gasteiger partial charge in [0.2, 0.25) is 0 Å². The smallest absolute Gasteiger partial charge is 0.312 e. The minimum Gasteiger partial charge on any atom is -0.393 e. The fraction of sp³-hybridized carbons (Fsp3) is 0.875. The molecule has 0 unspecified atom stereocenters. The van der Waals surface area contributed by atoms with E-state index in [0.29, 0.717) is 12.5 Å². The molecule has 0 aromatic heterocycles. The Balaban J connectivity index is 2.13. The first-order chi connectivity index (χ1) is 5.68. The van der Waals surface area contributed by atoms with E-state index >= 15 is 0 Å². The number of carbonyl (C=O) groups is 1. The number of hydrogen-bond acceptors (Lipinski definition) is 2. The highest BCUT2D eigenvalue weighted by molar-refractivity contribution is 5.71. The zero-order valence-electron chi connectivity index (χ0n) is 7.12. The number of amides is 2. The quantitative estimate of drug-likeness (QED) is 0.556. The van der Waals surface area contributed by atoms with Gasteiger partial charge >= 0.3 is 6.03 Å². The fourth-order valence-electron chi connectivity index (χ4n) is 1.59. The summed E-state index contributed by atoms with van der Waals surface area (Å²) >= 11 is 0. The number of nitrogens with two attached hydrogens (primary N) is 1. The highest BCUT2D eigenvalue weighted by atomic mass is 16.3. The lowest BCUT2D eigenvalue weighted by Crippen LogP contribution is -2.35. The van der Waals surface area contributed by atoms with Crippen LogP contribution in [0.1, 0.15) is 25.7 Å². The van der Waals surface area contributed by atoms with Crippen LogP contribution in [0.4, 0.5) is 4.79 Å². The maximum absolute atomic E-state index is 10.4. The molecule has 4 nitrogen and oxygen atoms in total. The van der Waals surface area contributed by atoms with Gasteiger partial charge in [0.25, 0.3) is 0 Å². The van der Waals surface area contributed by atoms with Gasteiger partial charge in [-0.3, -0.25) is 0 Å². The van der Waals surface area contributed by atoms with E-state index in [4.69, 9.17) is 5.73 Å². The van der Waals surface area contributed by atoms with E-state index in [1.165, 1.54) is 0 Å². The van der Waals surface area contributed by atoms with E-state index in [2.05, 4.69) is 5.32 Å². The number of carbonyl (C=O) groups excluding carboxylic acids is 1. The maximum atomic E-state index is 10.4. The van der Waals surface area contributed by atoms with Crippen LogP contribution in [-0.2, 0) is 0 Å². The molecule has 0 bridgehead atoms. The van der Waals surface area contributed by atoms with Crippen molar-refractivity contribution in [3.63, 3.8) is 0 Å². The van der Waals surface area contributed by atoms with E-state index < -0.39 is 6.03 Å². The molecule has 4 heteroatoms. The Hall–Kier alpha value is -0.770. The van der Waals surface area contributed by atoms with Crippen molar-refractivity contribution in [2.75, 3.05) is 6.54 Å². The second kappa shape index (κ2) is 4.30. The van der Waals surface area contributed by atoms with Crippen molar-refractivity contribution < 1.29 is 9.90 Å².